The topological polar surface area (TPSA) is 17.3 Å². The Balaban J connectivity index is 0.000000963. The first-order valence-electron chi connectivity index (χ1n) is 5.85. The Morgan fingerprint density at radius 3 is 2.75 bits per heavy atom. The second-order valence-electron chi connectivity index (χ2n) is 4.70. The summed E-state index contributed by atoms with van der Waals surface area (Å²) in [6, 6.07) is 11.4. The summed E-state index contributed by atoms with van der Waals surface area (Å²) in [6.07, 6.45) is 1.32. The van der Waals surface area contributed by atoms with E-state index in [2.05, 4.69) is 40.5 Å². The number of benzene rings is 1. The predicted octanol–water partition coefficient (Wildman–Crippen LogP) is -0.732. The van der Waals surface area contributed by atoms with Gasteiger partial charge in [-0.15, -0.1) is 12.6 Å². The maximum Gasteiger partial charge on any atom is 1.00 e. The predicted molar refractivity (Wildman–Crippen MR) is 61.8 cm³/mol. The maximum atomic E-state index is 4.65. The molecular weight excluding hydrogens is 223 g/mol. The molecule has 0 aromatic heterocycles. The molecule has 2 atom stereocenters. The SMILES string of the molecule is [K+].c1ccc(CN2CC3CC[N-]C3C2)cc1. The molecule has 0 spiro atoms. The molecule has 0 N–H and O–H groups in total. The van der Waals surface area contributed by atoms with Gasteiger partial charge in [-0.05, 0) is 24.6 Å². The first kappa shape index (κ1) is 13.2. The summed E-state index contributed by atoms with van der Waals surface area (Å²) in [5.74, 6) is 0.855. The van der Waals surface area contributed by atoms with Gasteiger partial charge < -0.3 is 10.2 Å². The van der Waals surface area contributed by atoms with E-state index in [0.29, 0.717) is 6.04 Å². The van der Waals surface area contributed by atoms with E-state index < -0.39 is 0 Å². The number of nitrogens with zero attached hydrogens (tertiary/aromatic N) is 2. The van der Waals surface area contributed by atoms with Crippen LogP contribution in [0.25, 0.3) is 5.32 Å². The summed E-state index contributed by atoms with van der Waals surface area (Å²) in [7, 11) is 0. The van der Waals surface area contributed by atoms with Gasteiger partial charge in [0.05, 0.1) is 0 Å². The van der Waals surface area contributed by atoms with Crippen LogP contribution in [0, 0.1) is 5.92 Å². The summed E-state index contributed by atoms with van der Waals surface area (Å²) < 4.78 is 0. The average molecular weight is 240 g/mol. The van der Waals surface area contributed by atoms with E-state index in [1.165, 1.54) is 25.1 Å². The van der Waals surface area contributed by atoms with Crippen molar-refractivity contribution in [2.45, 2.75) is 19.0 Å². The molecule has 1 aromatic rings. The molecule has 3 rings (SSSR count). The van der Waals surface area contributed by atoms with E-state index in [0.717, 1.165) is 19.0 Å². The van der Waals surface area contributed by atoms with Crippen molar-refractivity contribution in [2.24, 2.45) is 5.92 Å². The van der Waals surface area contributed by atoms with E-state index in [4.69, 9.17) is 0 Å². The molecule has 2 fully saturated rings. The molecule has 16 heavy (non-hydrogen) atoms. The van der Waals surface area contributed by atoms with Gasteiger partial charge in [-0.25, -0.2) is 0 Å². The fourth-order valence-corrected chi connectivity index (χ4v) is 2.81. The van der Waals surface area contributed by atoms with E-state index in [1.807, 2.05) is 0 Å². The smallest absolute Gasteiger partial charge is 0.658 e. The molecular formula is C13H17KN2. The van der Waals surface area contributed by atoms with Crippen LogP contribution in [0.3, 0.4) is 0 Å². The van der Waals surface area contributed by atoms with Gasteiger partial charge in [-0.2, -0.15) is 0 Å². The van der Waals surface area contributed by atoms with Crippen LogP contribution in [0.1, 0.15) is 12.0 Å². The fourth-order valence-electron chi connectivity index (χ4n) is 2.81. The van der Waals surface area contributed by atoms with Gasteiger partial charge in [0.2, 0.25) is 0 Å². The Morgan fingerprint density at radius 1 is 1.19 bits per heavy atom. The van der Waals surface area contributed by atoms with Crippen LogP contribution in [-0.2, 0) is 6.54 Å². The zero-order chi connectivity index (χ0) is 10.1. The molecule has 2 nitrogen and oxygen atoms in total. The molecule has 80 valence electrons. The van der Waals surface area contributed by atoms with Crippen molar-refractivity contribution in [3.63, 3.8) is 0 Å². The van der Waals surface area contributed by atoms with Crippen molar-refractivity contribution in [3.8, 4) is 0 Å². The first-order chi connectivity index (χ1) is 7.42. The Hall–Kier alpha value is 0.776. The number of likely N-dealkylation sites (tertiary alicyclic amines) is 1. The molecule has 1 aromatic carbocycles. The third kappa shape index (κ3) is 2.96. The van der Waals surface area contributed by atoms with Gasteiger partial charge in [0.15, 0.2) is 0 Å². The van der Waals surface area contributed by atoms with E-state index in [9.17, 15) is 0 Å². The molecule has 0 amide bonds. The normalized spacial score (nSPS) is 28.8. The fraction of sp³-hybridized carbons (Fsp3) is 0.538. The van der Waals surface area contributed by atoms with Gasteiger partial charge in [0.25, 0.3) is 0 Å². The molecule has 2 unspecified atom stereocenters. The molecule has 2 heterocycles. The Morgan fingerprint density at radius 2 is 2.00 bits per heavy atom. The van der Waals surface area contributed by atoms with Gasteiger partial charge in [0, 0.05) is 6.54 Å². The standard InChI is InChI=1S/C13H17N2.K/c1-2-4-11(5-3-1)8-15-9-12-6-7-14-13(12)10-15;/h1-5,12-13H,6-10H2;/q-1;+1. The van der Waals surface area contributed by atoms with Crippen LogP contribution < -0.4 is 51.4 Å². The summed E-state index contributed by atoms with van der Waals surface area (Å²) in [5, 5.41) is 4.65. The van der Waals surface area contributed by atoms with Gasteiger partial charge in [0.1, 0.15) is 0 Å². The molecule has 2 saturated heterocycles. The van der Waals surface area contributed by atoms with Crippen LogP contribution in [0.2, 0.25) is 0 Å². The quantitative estimate of drug-likeness (QED) is 0.623. The summed E-state index contributed by atoms with van der Waals surface area (Å²) in [4.78, 5) is 2.55. The summed E-state index contributed by atoms with van der Waals surface area (Å²) in [6.45, 7) is 4.64. The molecule has 0 aliphatic carbocycles. The number of fused-ring (bicyclic) bond motifs is 1. The zero-order valence-corrected chi connectivity index (χ0v) is 13.1. The third-order valence-electron chi connectivity index (χ3n) is 3.59. The number of hydrogen-bond donors (Lipinski definition) is 0. The first-order valence-corrected chi connectivity index (χ1v) is 5.85. The van der Waals surface area contributed by atoms with Crippen molar-refractivity contribution in [3.05, 3.63) is 41.2 Å². The van der Waals surface area contributed by atoms with Gasteiger partial charge in [-0.1, -0.05) is 36.8 Å². The van der Waals surface area contributed by atoms with Crippen LogP contribution in [0.5, 0.6) is 0 Å². The van der Waals surface area contributed by atoms with Crippen molar-refractivity contribution < 1.29 is 51.4 Å². The average Bonchev–Trinajstić information content (AvgIpc) is 2.79. The van der Waals surface area contributed by atoms with Gasteiger partial charge >= 0.3 is 51.4 Å². The van der Waals surface area contributed by atoms with Crippen LogP contribution in [-0.4, -0.2) is 30.6 Å². The Kier molecular flexibility index (Phi) is 5.03. The summed E-state index contributed by atoms with van der Waals surface area (Å²) >= 11 is 0. The van der Waals surface area contributed by atoms with Crippen molar-refractivity contribution >= 4 is 0 Å². The van der Waals surface area contributed by atoms with E-state index in [1.54, 1.807) is 0 Å². The molecule has 0 saturated carbocycles. The molecule has 2 aliphatic rings. The van der Waals surface area contributed by atoms with Crippen molar-refractivity contribution in [1.29, 1.82) is 0 Å². The van der Waals surface area contributed by atoms with Crippen LogP contribution >= 0.6 is 0 Å². The minimum absolute atomic E-state index is 0. The minimum atomic E-state index is 0. The second kappa shape index (κ2) is 6.09. The molecule has 2 aliphatic heterocycles. The monoisotopic (exact) mass is 240 g/mol. The summed E-state index contributed by atoms with van der Waals surface area (Å²) in [5.41, 5.74) is 1.43. The zero-order valence-electron chi connectivity index (χ0n) is 9.97. The minimum Gasteiger partial charge on any atom is -0.658 e. The second-order valence-corrected chi connectivity index (χ2v) is 4.70. The van der Waals surface area contributed by atoms with Crippen LogP contribution in [0.4, 0.5) is 0 Å². The molecule has 3 heteroatoms. The van der Waals surface area contributed by atoms with Crippen molar-refractivity contribution in [2.75, 3.05) is 19.6 Å². The number of rotatable bonds is 2. The van der Waals surface area contributed by atoms with E-state index >= 15 is 0 Å². The number of hydrogen-bond acceptors (Lipinski definition) is 1. The third-order valence-corrected chi connectivity index (χ3v) is 3.59. The Bertz CT molecular complexity index is 316. The van der Waals surface area contributed by atoms with Crippen LogP contribution in [0.15, 0.2) is 30.3 Å². The Labute approximate surface area is 140 Å². The molecule has 0 bridgehead atoms. The van der Waals surface area contributed by atoms with E-state index in [-0.39, 0.29) is 51.4 Å². The largest absolute Gasteiger partial charge is 1.00 e. The van der Waals surface area contributed by atoms with Crippen molar-refractivity contribution in [1.82, 2.24) is 4.90 Å². The molecule has 0 radical (unpaired) electrons. The maximum absolute atomic E-state index is 4.65. The van der Waals surface area contributed by atoms with Gasteiger partial charge in [-0.3, -0.25) is 0 Å².